The summed E-state index contributed by atoms with van der Waals surface area (Å²) in [6.07, 6.45) is 0. The lowest BCUT2D eigenvalue weighted by molar-refractivity contribution is 0.259. The number of para-hydroxylation sites is 1. The van der Waals surface area contributed by atoms with E-state index in [-0.39, 0.29) is 18.6 Å². The Morgan fingerprint density at radius 2 is 1.46 bits per heavy atom. The Morgan fingerprint density at radius 1 is 0.846 bits per heavy atom. The van der Waals surface area contributed by atoms with Crippen LogP contribution in [0.2, 0.25) is 5.02 Å². The molecule has 3 aromatic carbocycles. The van der Waals surface area contributed by atoms with Crippen LogP contribution in [0, 0.1) is 0 Å². The lowest BCUT2D eigenvalue weighted by Gasteiger charge is -2.26. The van der Waals surface area contributed by atoms with E-state index in [0.717, 1.165) is 22.5 Å². The van der Waals surface area contributed by atoms with E-state index in [1.165, 1.54) is 0 Å². The fourth-order valence-electron chi connectivity index (χ4n) is 3.48. The molecule has 1 N–H and O–H groups in total. The Morgan fingerprint density at radius 3 is 2.08 bits per heavy atom. The normalized spacial score (nSPS) is 19.5. The van der Waals surface area contributed by atoms with Gasteiger partial charge in [-0.15, -0.1) is 0 Å². The van der Waals surface area contributed by atoms with E-state index in [1.54, 1.807) is 0 Å². The fourth-order valence-corrected chi connectivity index (χ4v) is 3.61. The molecule has 0 saturated heterocycles. The fraction of sp³-hybridized carbons (Fsp3) is 0.136. The van der Waals surface area contributed by atoms with Crippen LogP contribution in [-0.4, -0.2) is 23.5 Å². The first kappa shape index (κ1) is 16.8. The molecular weight excluding hydrogens is 344 g/mol. The quantitative estimate of drug-likeness (QED) is 0.729. The van der Waals surface area contributed by atoms with Crippen LogP contribution >= 0.6 is 11.6 Å². The maximum absolute atomic E-state index is 10.2. The van der Waals surface area contributed by atoms with E-state index in [4.69, 9.17) is 16.7 Å². The lowest BCUT2D eigenvalue weighted by Crippen LogP contribution is -2.35. The van der Waals surface area contributed by atoms with Gasteiger partial charge in [0.2, 0.25) is 0 Å². The molecule has 4 heteroatoms. The molecule has 130 valence electrons. The number of hydrogen-bond acceptors (Lipinski definition) is 3. The summed E-state index contributed by atoms with van der Waals surface area (Å²) < 4.78 is 0. The number of nitrogens with zero attached hydrogens (tertiary/aromatic N) is 2. The van der Waals surface area contributed by atoms with E-state index in [0.29, 0.717) is 5.02 Å². The van der Waals surface area contributed by atoms with Crippen LogP contribution < -0.4 is 5.01 Å². The van der Waals surface area contributed by atoms with Crippen LogP contribution in [0.3, 0.4) is 0 Å². The van der Waals surface area contributed by atoms with Crippen molar-refractivity contribution in [3.8, 4) is 0 Å². The molecule has 3 aromatic rings. The van der Waals surface area contributed by atoms with E-state index in [9.17, 15) is 5.11 Å². The van der Waals surface area contributed by atoms with Gasteiger partial charge >= 0.3 is 0 Å². The Hall–Kier alpha value is -2.62. The summed E-state index contributed by atoms with van der Waals surface area (Å²) in [6, 6.07) is 27.7. The molecule has 0 unspecified atom stereocenters. The molecule has 0 bridgehead atoms. The second-order valence-electron chi connectivity index (χ2n) is 6.31. The molecule has 1 aliphatic rings. The maximum Gasteiger partial charge on any atom is 0.0881 e. The van der Waals surface area contributed by atoms with Gasteiger partial charge in [0.05, 0.1) is 30.0 Å². The number of anilines is 1. The Kier molecular flexibility index (Phi) is 4.74. The second kappa shape index (κ2) is 7.32. The smallest absolute Gasteiger partial charge is 0.0881 e. The lowest BCUT2D eigenvalue weighted by atomic mass is 9.85. The third kappa shape index (κ3) is 3.12. The minimum atomic E-state index is -0.172. The van der Waals surface area contributed by atoms with Crippen LogP contribution in [0.15, 0.2) is 90.0 Å². The average Bonchev–Trinajstić information content (AvgIpc) is 3.09. The van der Waals surface area contributed by atoms with Crippen molar-refractivity contribution < 1.29 is 5.11 Å². The van der Waals surface area contributed by atoms with Gasteiger partial charge in [-0.2, -0.15) is 5.10 Å². The van der Waals surface area contributed by atoms with Crippen molar-refractivity contribution in [2.75, 3.05) is 11.6 Å². The number of halogens is 1. The molecule has 0 radical (unpaired) electrons. The molecule has 2 atom stereocenters. The summed E-state index contributed by atoms with van der Waals surface area (Å²) >= 11 is 6.08. The van der Waals surface area contributed by atoms with Crippen LogP contribution in [0.4, 0.5) is 5.69 Å². The highest BCUT2D eigenvalue weighted by molar-refractivity contribution is 6.30. The molecule has 1 aliphatic heterocycles. The number of hydrazone groups is 1. The standard InChI is InChI=1S/C22H19ClN2O/c23-18-13-11-16(12-14-18)21-20(15-26)25(19-9-5-2-6-10-19)24-22(21)17-7-3-1-4-8-17/h1-14,20-21,26H,15H2/t20-,21-/m1/s1. The monoisotopic (exact) mass is 362 g/mol. The highest BCUT2D eigenvalue weighted by atomic mass is 35.5. The summed E-state index contributed by atoms with van der Waals surface area (Å²) in [7, 11) is 0. The van der Waals surface area contributed by atoms with Gasteiger partial charge in [0.1, 0.15) is 0 Å². The zero-order valence-corrected chi connectivity index (χ0v) is 14.9. The largest absolute Gasteiger partial charge is 0.394 e. The minimum Gasteiger partial charge on any atom is -0.394 e. The van der Waals surface area contributed by atoms with E-state index in [1.807, 2.05) is 77.8 Å². The molecular formula is C22H19ClN2O. The van der Waals surface area contributed by atoms with Gasteiger partial charge in [0, 0.05) is 5.02 Å². The molecule has 3 nitrogen and oxygen atoms in total. The number of aliphatic hydroxyl groups is 1. The number of aliphatic hydroxyl groups excluding tert-OH is 1. The Labute approximate surface area is 158 Å². The zero-order chi connectivity index (χ0) is 17.9. The van der Waals surface area contributed by atoms with Gasteiger partial charge in [-0.25, -0.2) is 0 Å². The maximum atomic E-state index is 10.2. The molecule has 0 saturated carbocycles. The van der Waals surface area contributed by atoms with E-state index < -0.39 is 0 Å². The highest BCUT2D eigenvalue weighted by Crippen LogP contribution is 2.37. The van der Waals surface area contributed by atoms with Crippen LogP contribution in [0.25, 0.3) is 0 Å². The molecule has 0 aliphatic carbocycles. The Bertz CT molecular complexity index is 894. The van der Waals surface area contributed by atoms with Crippen molar-refractivity contribution in [2.45, 2.75) is 12.0 Å². The summed E-state index contributed by atoms with van der Waals surface area (Å²) in [5, 5.41) is 17.8. The van der Waals surface area contributed by atoms with Gasteiger partial charge in [-0.05, 0) is 35.4 Å². The first-order valence-electron chi connectivity index (χ1n) is 8.62. The predicted molar refractivity (Wildman–Crippen MR) is 107 cm³/mol. The third-order valence-corrected chi connectivity index (χ3v) is 4.97. The van der Waals surface area contributed by atoms with Crippen molar-refractivity contribution in [1.82, 2.24) is 0 Å². The van der Waals surface area contributed by atoms with Crippen molar-refractivity contribution in [3.63, 3.8) is 0 Å². The van der Waals surface area contributed by atoms with Gasteiger partial charge in [0.25, 0.3) is 0 Å². The number of benzene rings is 3. The van der Waals surface area contributed by atoms with Gasteiger partial charge < -0.3 is 5.11 Å². The zero-order valence-electron chi connectivity index (χ0n) is 14.2. The molecule has 0 amide bonds. The summed E-state index contributed by atoms with van der Waals surface area (Å²) in [6.45, 7) is 0.00200. The average molecular weight is 363 g/mol. The Balaban J connectivity index is 1.84. The first-order chi connectivity index (χ1) is 12.8. The van der Waals surface area contributed by atoms with Gasteiger partial charge in [-0.1, -0.05) is 72.3 Å². The summed E-state index contributed by atoms with van der Waals surface area (Å²) in [5.74, 6) is -0.0418. The molecule has 4 rings (SSSR count). The SMILES string of the molecule is OC[C@@H]1[C@@H](c2ccc(Cl)cc2)C(c2ccccc2)=NN1c1ccccc1. The van der Waals surface area contributed by atoms with Crippen LogP contribution in [0.5, 0.6) is 0 Å². The number of hydrogen-bond donors (Lipinski definition) is 1. The van der Waals surface area contributed by atoms with Gasteiger partial charge in [-0.3, -0.25) is 5.01 Å². The first-order valence-corrected chi connectivity index (χ1v) is 9.00. The van der Waals surface area contributed by atoms with Crippen molar-refractivity contribution in [1.29, 1.82) is 0 Å². The van der Waals surface area contributed by atoms with E-state index >= 15 is 0 Å². The molecule has 0 aromatic heterocycles. The van der Waals surface area contributed by atoms with Crippen molar-refractivity contribution in [2.24, 2.45) is 5.10 Å². The number of rotatable bonds is 4. The second-order valence-corrected chi connectivity index (χ2v) is 6.75. The molecule has 0 spiro atoms. The predicted octanol–water partition coefficient (Wildman–Crippen LogP) is 4.71. The summed E-state index contributed by atoms with van der Waals surface area (Å²) in [5.41, 5.74) is 4.08. The molecule has 0 fully saturated rings. The van der Waals surface area contributed by atoms with Crippen LogP contribution in [-0.2, 0) is 0 Å². The topological polar surface area (TPSA) is 35.8 Å². The highest BCUT2D eigenvalue weighted by Gasteiger charge is 2.39. The minimum absolute atomic E-state index is 0.00200. The molecule has 1 heterocycles. The van der Waals surface area contributed by atoms with E-state index in [2.05, 4.69) is 12.1 Å². The molecule has 26 heavy (non-hydrogen) atoms. The van der Waals surface area contributed by atoms with Crippen molar-refractivity contribution >= 4 is 23.0 Å². The summed E-state index contributed by atoms with van der Waals surface area (Å²) in [4.78, 5) is 0. The van der Waals surface area contributed by atoms with Gasteiger partial charge in [0.15, 0.2) is 0 Å². The third-order valence-electron chi connectivity index (χ3n) is 4.72. The van der Waals surface area contributed by atoms with Crippen molar-refractivity contribution in [3.05, 3.63) is 101 Å². The van der Waals surface area contributed by atoms with Crippen LogP contribution in [0.1, 0.15) is 17.0 Å².